The zero-order valence-electron chi connectivity index (χ0n) is 16.9. The maximum Gasteiger partial charge on any atom is 0.204 e. The molecule has 0 bridgehead atoms. The number of benzene rings is 2. The van der Waals surface area contributed by atoms with Crippen molar-refractivity contribution in [3.8, 4) is 17.1 Å². The molecule has 2 aromatic carbocycles. The van der Waals surface area contributed by atoms with Gasteiger partial charge >= 0.3 is 0 Å². The van der Waals surface area contributed by atoms with Crippen LogP contribution in [0.4, 0.5) is 4.39 Å². The molecule has 4 rings (SSSR count). The number of morpholine rings is 1. The summed E-state index contributed by atoms with van der Waals surface area (Å²) in [6.45, 7) is 6.09. The van der Waals surface area contributed by atoms with Gasteiger partial charge in [0.15, 0.2) is 5.82 Å². The largest absolute Gasteiger partial charge is 0.373 e. The zero-order valence-corrected chi connectivity index (χ0v) is 19.9. The number of nitrogens with zero attached hydrogens (tertiary/aromatic N) is 4. The molecule has 0 saturated carbocycles. The van der Waals surface area contributed by atoms with Crippen molar-refractivity contribution >= 4 is 47.0 Å². The van der Waals surface area contributed by atoms with Crippen molar-refractivity contribution in [1.29, 1.82) is 0 Å². The number of ether oxygens (including phenoxy) is 1. The minimum Gasteiger partial charge on any atom is -0.373 e. The average Bonchev–Trinajstić information content (AvgIpc) is 2.99. The molecule has 2 heterocycles. The van der Waals surface area contributed by atoms with Gasteiger partial charge in [0.05, 0.1) is 34.6 Å². The van der Waals surface area contributed by atoms with Crippen LogP contribution >= 0.6 is 47.0 Å². The number of halogens is 4. The first-order chi connectivity index (χ1) is 14.7. The number of aromatic nitrogens is 3. The summed E-state index contributed by atoms with van der Waals surface area (Å²) in [5.74, 6) is 0.00962. The predicted molar refractivity (Wildman–Crippen MR) is 124 cm³/mol. The Kier molecular flexibility index (Phi) is 6.72. The van der Waals surface area contributed by atoms with E-state index in [2.05, 4.69) is 4.90 Å². The maximum atomic E-state index is 13.8. The van der Waals surface area contributed by atoms with Gasteiger partial charge in [-0.25, -0.2) is 9.07 Å². The number of rotatable bonds is 4. The Labute approximate surface area is 199 Å². The van der Waals surface area contributed by atoms with Crippen LogP contribution in [0.5, 0.6) is 0 Å². The highest BCUT2D eigenvalue weighted by Gasteiger charge is 2.24. The van der Waals surface area contributed by atoms with Gasteiger partial charge in [-0.3, -0.25) is 9.47 Å². The topological polar surface area (TPSA) is 35.2 Å². The normalized spacial score (nSPS) is 19.7. The highest BCUT2D eigenvalue weighted by atomic mass is 35.5. The van der Waals surface area contributed by atoms with E-state index in [1.807, 2.05) is 13.8 Å². The number of hydrogen-bond acceptors (Lipinski definition) is 4. The highest BCUT2D eigenvalue weighted by molar-refractivity contribution is 7.71. The summed E-state index contributed by atoms with van der Waals surface area (Å²) in [4.78, 5) is 2.23. The molecule has 1 aromatic heterocycles. The van der Waals surface area contributed by atoms with E-state index < -0.39 is 5.82 Å². The molecule has 0 spiro atoms. The Morgan fingerprint density at radius 1 is 1.06 bits per heavy atom. The Hall–Kier alpha value is -1.48. The molecular formula is C21H20Cl3FN4OS. The molecule has 5 nitrogen and oxygen atoms in total. The van der Waals surface area contributed by atoms with Crippen LogP contribution in [0.1, 0.15) is 13.8 Å². The predicted octanol–water partition coefficient (Wildman–Crippen LogP) is 6.24. The van der Waals surface area contributed by atoms with Crippen LogP contribution < -0.4 is 0 Å². The van der Waals surface area contributed by atoms with E-state index in [1.54, 1.807) is 33.5 Å². The summed E-state index contributed by atoms with van der Waals surface area (Å²) in [6, 6.07) is 9.59. The van der Waals surface area contributed by atoms with Crippen molar-refractivity contribution in [2.45, 2.75) is 32.7 Å². The summed E-state index contributed by atoms with van der Waals surface area (Å²) in [6.07, 6.45) is 0.224. The van der Waals surface area contributed by atoms with Crippen LogP contribution in [0, 0.1) is 10.6 Å². The van der Waals surface area contributed by atoms with Crippen molar-refractivity contribution in [2.24, 2.45) is 0 Å². The van der Waals surface area contributed by atoms with Crippen LogP contribution in [0.3, 0.4) is 0 Å². The molecule has 3 aromatic rings. The smallest absolute Gasteiger partial charge is 0.204 e. The molecule has 10 heteroatoms. The van der Waals surface area contributed by atoms with Crippen molar-refractivity contribution in [1.82, 2.24) is 19.2 Å². The molecule has 1 saturated heterocycles. The molecular weight excluding hydrogens is 482 g/mol. The summed E-state index contributed by atoms with van der Waals surface area (Å²) >= 11 is 24.4. The summed E-state index contributed by atoms with van der Waals surface area (Å²) in [7, 11) is 0. The molecule has 0 N–H and O–H groups in total. The Morgan fingerprint density at radius 2 is 1.77 bits per heavy atom. The third-order valence-corrected chi connectivity index (χ3v) is 6.23. The lowest BCUT2D eigenvalue weighted by atomic mass is 10.2. The number of hydrogen-bond donors (Lipinski definition) is 0. The molecule has 1 fully saturated rings. The first-order valence-electron chi connectivity index (χ1n) is 9.71. The first kappa shape index (κ1) is 22.7. The fourth-order valence-corrected chi connectivity index (χ4v) is 4.75. The van der Waals surface area contributed by atoms with E-state index in [1.165, 1.54) is 12.1 Å². The maximum absolute atomic E-state index is 13.8. The van der Waals surface area contributed by atoms with Crippen LogP contribution in [0.15, 0.2) is 36.4 Å². The molecule has 2 atom stereocenters. The van der Waals surface area contributed by atoms with Crippen LogP contribution in [0.25, 0.3) is 17.1 Å². The fraction of sp³-hybridized carbons (Fsp3) is 0.333. The van der Waals surface area contributed by atoms with Gasteiger partial charge in [0.2, 0.25) is 4.77 Å². The first-order valence-corrected chi connectivity index (χ1v) is 11.3. The van der Waals surface area contributed by atoms with Gasteiger partial charge in [0, 0.05) is 23.7 Å². The summed E-state index contributed by atoms with van der Waals surface area (Å²) < 4.78 is 23.5. The summed E-state index contributed by atoms with van der Waals surface area (Å²) in [5, 5.41) is 5.71. The third-order valence-electron chi connectivity index (χ3n) is 5.00. The lowest BCUT2D eigenvalue weighted by Gasteiger charge is -2.34. The van der Waals surface area contributed by atoms with Gasteiger partial charge in [-0.15, -0.1) is 5.10 Å². The molecule has 0 aliphatic carbocycles. The van der Waals surface area contributed by atoms with Gasteiger partial charge < -0.3 is 4.74 Å². The summed E-state index contributed by atoms with van der Waals surface area (Å²) in [5.41, 5.74) is 1.24. The average molecular weight is 502 g/mol. The SMILES string of the molecule is C[C@@H]1CN(Cn2nc(-c3ccc(Cl)cc3Cl)n(-c3ccc(F)c(Cl)c3)c2=S)C[C@H](C)O1. The standard InChI is InChI=1S/C21H20Cl3FN4OS/c1-12-9-27(10-13(2)30-12)11-28-21(31)29(15-4-6-19(25)18(24)8-15)20(26-28)16-5-3-14(22)7-17(16)23/h3-8,12-13H,9-11H2,1-2H3/t12-,13+. The van der Waals surface area contributed by atoms with E-state index in [9.17, 15) is 4.39 Å². The lowest BCUT2D eigenvalue weighted by molar-refractivity contribution is -0.0777. The van der Waals surface area contributed by atoms with Gasteiger partial charge in [-0.2, -0.15) is 0 Å². The minimum atomic E-state index is -0.508. The van der Waals surface area contributed by atoms with Gasteiger partial charge in [0.1, 0.15) is 5.82 Å². The van der Waals surface area contributed by atoms with Gasteiger partial charge in [-0.1, -0.05) is 34.8 Å². The zero-order chi connectivity index (χ0) is 22.3. The molecule has 31 heavy (non-hydrogen) atoms. The lowest BCUT2D eigenvalue weighted by Crippen LogP contribution is -2.46. The van der Waals surface area contributed by atoms with Gasteiger partial charge in [0.25, 0.3) is 0 Å². The van der Waals surface area contributed by atoms with Crippen LogP contribution in [-0.4, -0.2) is 44.5 Å². The van der Waals surface area contributed by atoms with E-state index in [4.69, 9.17) is 56.9 Å². The highest BCUT2D eigenvalue weighted by Crippen LogP contribution is 2.32. The Bertz CT molecular complexity index is 1170. The van der Waals surface area contributed by atoms with Crippen molar-refractivity contribution in [3.63, 3.8) is 0 Å². The van der Waals surface area contributed by atoms with E-state index in [-0.39, 0.29) is 17.2 Å². The fourth-order valence-electron chi connectivity index (χ4n) is 3.79. The molecule has 164 valence electrons. The van der Waals surface area contributed by atoms with Gasteiger partial charge in [-0.05, 0) is 62.5 Å². The van der Waals surface area contributed by atoms with Crippen molar-refractivity contribution in [2.75, 3.05) is 13.1 Å². The Balaban J connectivity index is 1.83. The molecule has 1 aliphatic heterocycles. The second-order valence-electron chi connectivity index (χ2n) is 7.60. The Morgan fingerprint density at radius 3 is 2.42 bits per heavy atom. The van der Waals surface area contributed by atoms with Crippen LogP contribution in [0.2, 0.25) is 15.1 Å². The van der Waals surface area contributed by atoms with E-state index >= 15 is 0 Å². The van der Waals surface area contributed by atoms with E-state index in [0.29, 0.717) is 38.6 Å². The molecule has 0 radical (unpaired) electrons. The molecule has 1 aliphatic rings. The van der Waals surface area contributed by atoms with Crippen molar-refractivity contribution in [3.05, 3.63) is 62.1 Å². The quantitative estimate of drug-likeness (QED) is 0.397. The second kappa shape index (κ2) is 9.17. The van der Waals surface area contributed by atoms with E-state index in [0.717, 1.165) is 13.1 Å². The molecule has 0 unspecified atom stereocenters. The molecule has 0 amide bonds. The third kappa shape index (κ3) is 4.82. The second-order valence-corrected chi connectivity index (χ2v) is 9.21. The van der Waals surface area contributed by atoms with Crippen molar-refractivity contribution < 1.29 is 9.13 Å². The minimum absolute atomic E-state index is 0.00358. The monoisotopic (exact) mass is 500 g/mol. The van der Waals surface area contributed by atoms with Crippen LogP contribution in [-0.2, 0) is 11.4 Å².